The van der Waals surface area contributed by atoms with Crippen molar-refractivity contribution in [3.05, 3.63) is 72.4 Å². The zero-order valence-electron chi connectivity index (χ0n) is 19.4. The number of hydrogen-bond donors (Lipinski definition) is 0. The van der Waals surface area contributed by atoms with E-state index < -0.39 is 0 Å². The van der Waals surface area contributed by atoms with E-state index in [0.29, 0.717) is 30.5 Å². The van der Waals surface area contributed by atoms with Crippen LogP contribution in [-0.4, -0.2) is 61.2 Å². The van der Waals surface area contributed by atoms with Gasteiger partial charge in [0.15, 0.2) is 0 Å². The van der Waals surface area contributed by atoms with Gasteiger partial charge in [-0.25, -0.2) is 4.98 Å². The minimum absolute atomic E-state index is 0.0445. The molecule has 3 aliphatic heterocycles. The highest BCUT2D eigenvalue weighted by atomic mass is 16.5. The minimum atomic E-state index is -0.0445. The second-order valence-corrected chi connectivity index (χ2v) is 9.39. The van der Waals surface area contributed by atoms with Crippen molar-refractivity contribution in [3.8, 4) is 16.9 Å². The van der Waals surface area contributed by atoms with Crippen molar-refractivity contribution in [2.24, 2.45) is 0 Å². The number of fused-ring (bicyclic) bond motifs is 1. The summed E-state index contributed by atoms with van der Waals surface area (Å²) >= 11 is 0. The van der Waals surface area contributed by atoms with Crippen molar-refractivity contribution in [1.82, 2.24) is 9.88 Å². The van der Waals surface area contributed by atoms with Gasteiger partial charge in [0.25, 0.3) is 5.91 Å². The van der Waals surface area contributed by atoms with E-state index in [0.717, 1.165) is 35.7 Å². The Hall–Kier alpha value is -3.38. The predicted octanol–water partition coefficient (Wildman–Crippen LogP) is 4.46. The summed E-state index contributed by atoms with van der Waals surface area (Å²) in [6, 6.07) is 20.7. The maximum absolute atomic E-state index is 13.4. The SMILES string of the molecule is O=C1c2ccc(-c3ccccc3)cc2OCCN1c1ccc(N2CCC(N3CCCC3)C2)nc1. The molecular weight excluding hydrogens is 424 g/mol. The number of carbonyl (C=O) groups excluding carboxylic acids is 1. The number of hydrogen-bond acceptors (Lipinski definition) is 5. The van der Waals surface area contributed by atoms with Gasteiger partial charge in [-0.05, 0) is 67.7 Å². The summed E-state index contributed by atoms with van der Waals surface area (Å²) in [6.07, 6.45) is 5.69. The third-order valence-electron chi connectivity index (χ3n) is 7.33. The molecule has 2 saturated heterocycles. The molecule has 3 aliphatic rings. The third-order valence-corrected chi connectivity index (χ3v) is 7.33. The predicted molar refractivity (Wildman–Crippen MR) is 135 cm³/mol. The number of carbonyl (C=O) groups is 1. The largest absolute Gasteiger partial charge is 0.491 e. The monoisotopic (exact) mass is 454 g/mol. The second kappa shape index (κ2) is 9.11. The summed E-state index contributed by atoms with van der Waals surface area (Å²) < 4.78 is 6.00. The van der Waals surface area contributed by atoms with Crippen LogP contribution in [0, 0.1) is 0 Å². The lowest BCUT2D eigenvalue weighted by molar-refractivity contribution is 0.0990. The van der Waals surface area contributed by atoms with Crippen LogP contribution in [-0.2, 0) is 0 Å². The molecule has 0 radical (unpaired) electrons. The molecule has 0 spiro atoms. The third kappa shape index (κ3) is 4.03. The van der Waals surface area contributed by atoms with Crippen molar-refractivity contribution < 1.29 is 9.53 Å². The number of nitrogens with zero attached hydrogens (tertiary/aromatic N) is 4. The first-order valence-electron chi connectivity index (χ1n) is 12.4. The summed E-state index contributed by atoms with van der Waals surface area (Å²) in [7, 11) is 0. The van der Waals surface area contributed by atoms with Crippen LogP contribution in [0.15, 0.2) is 66.9 Å². The Morgan fingerprint density at radius 3 is 2.53 bits per heavy atom. The Labute approximate surface area is 200 Å². The van der Waals surface area contributed by atoms with Gasteiger partial charge in [-0.2, -0.15) is 0 Å². The first-order valence-corrected chi connectivity index (χ1v) is 12.4. The molecule has 1 unspecified atom stereocenters. The van der Waals surface area contributed by atoms with Gasteiger partial charge in [-0.1, -0.05) is 36.4 Å². The Kier molecular flexibility index (Phi) is 5.67. The van der Waals surface area contributed by atoms with E-state index in [1.165, 1.54) is 32.4 Å². The molecule has 2 aromatic carbocycles. The van der Waals surface area contributed by atoms with Gasteiger partial charge in [0, 0.05) is 19.1 Å². The molecular formula is C28H30N4O2. The lowest BCUT2D eigenvalue weighted by Gasteiger charge is -2.24. The summed E-state index contributed by atoms with van der Waals surface area (Å²) in [5.41, 5.74) is 3.56. The standard InChI is InChI=1S/C28H30N4O2/c33-28-25-10-8-22(21-6-2-1-3-7-21)18-26(25)34-17-16-32(28)23-9-11-27(29-19-23)31-15-12-24(20-31)30-13-4-5-14-30/h1-3,6-11,18-19,24H,4-5,12-17,20H2. The molecule has 6 nitrogen and oxygen atoms in total. The molecule has 174 valence electrons. The number of rotatable bonds is 4. The number of aromatic nitrogens is 1. The van der Waals surface area contributed by atoms with Crippen molar-refractivity contribution >= 4 is 17.4 Å². The first-order chi connectivity index (χ1) is 16.8. The van der Waals surface area contributed by atoms with Crippen molar-refractivity contribution in [2.75, 3.05) is 49.1 Å². The molecule has 3 aromatic rings. The highest BCUT2D eigenvalue weighted by Crippen LogP contribution is 2.32. The van der Waals surface area contributed by atoms with Gasteiger partial charge >= 0.3 is 0 Å². The van der Waals surface area contributed by atoms with Crippen molar-refractivity contribution in [1.29, 1.82) is 0 Å². The van der Waals surface area contributed by atoms with Crippen LogP contribution in [0.1, 0.15) is 29.6 Å². The van der Waals surface area contributed by atoms with Crippen LogP contribution in [0.4, 0.5) is 11.5 Å². The molecule has 1 amide bonds. The lowest BCUT2D eigenvalue weighted by Crippen LogP contribution is -2.35. The number of pyridine rings is 1. The lowest BCUT2D eigenvalue weighted by atomic mass is 10.0. The summed E-state index contributed by atoms with van der Waals surface area (Å²) in [5, 5.41) is 0. The van der Waals surface area contributed by atoms with E-state index >= 15 is 0 Å². The van der Waals surface area contributed by atoms with Crippen molar-refractivity contribution in [2.45, 2.75) is 25.3 Å². The smallest absolute Gasteiger partial charge is 0.262 e. The fourth-order valence-corrected chi connectivity index (χ4v) is 5.45. The van der Waals surface area contributed by atoms with Gasteiger partial charge in [0.1, 0.15) is 18.2 Å². The van der Waals surface area contributed by atoms with Gasteiger partial charge < -0.3 is 14.5 Å². The van der Waals surface area contributed by atoms with E-state index in [9.17, 15) is 4.79 Å². The molecule has 1 atom stereocenters. The minimum Gasteiger partial charge on any atom is -0.491 e. The van der Waals surface area contributed by atoms with E-state index in [-0.39, 0.29) is 5.91 Å². The van der Waals surface area contributed by atoms with Crippen LogP contribution >= 0.6 is 0 Å². The number of benzene rings is 2. The summed E-state index contributed by atoms with van der Waals surface area (Å²) in [5.74, 6) is 1.59. The molecule has 6 rings (SSSR count). The van der Waals surface area contributed by atoms with Gasteiger partial charge in [-0.15, -0.1) is 0 Å². The zero-order valence-corrected chi connectivity index (χ0v) is 19.4. The molecule has 6 heteroatoms. The molecule has 0 N–H and O–H groups in total. The van der Waals surface area contributed by atoms with Gasteiger partial charge in [0.05, 0.1) is 24.0 Å². The molecule has 1 aromatic heterocycles. The highest BCUT2D eigenvalue weighted by Gasteiger charge is 2.30. The van der Waals surface area contributed by atoms with Crippen LogP contribution in [0.3, 0.4) is 0 Å². The molecule has 2 fully saturated rings. The zero-order chi connectivity index (χ0) is 22.9. The molecule has 0 aliphatic carbocycles. The van der Waals surface area contributed by atoms with Crippen LogP contribution in [0.2, 0.25) is 0 Å². The van der Waals surface area contributed by atoms with Gasteiger partial charge in [-0.3, -0.25) is 9.69 Å². The van der Waals surface area contributed by atoms with E-state index in [1.807, 2.05) is 48.7 Å². The number of amides is 1. The topological polar surface area (TPSA) is 48.9 Å². The normalized spacial score (nSPS) is 20.8. The quantitative estimate of drug-likeness (QED) is 0.583. The van der Waals surface area contributed by atoms with E-state index in [2.05, 4.69) is 28.0 Å². The molecule has 0 bridgehead atoms. The second-order valence-electron chi connectivity index (χ2n) is 9.39. The van der Waals surface area contributed by atoms with Crippen molar-refractivity contribution in [3.63, 3.8) is 0 Å². The summed E-state index contributed by atoms with van der Waals surface area (Å²) in [4.78, 5) is 24.9. The molecule has 4 heterocycles. The Morgan fingerprint density at radius 2 is 1.74 bits per heavy atom. The van der Waals surface area contributed by atoms with E-state index in [1.54, 1.807) is 4.90 Å². The average Bonchev–Trinajstić information content (AvgIpc) is 3.57. The molecule has 0 saturated carbocycles. The fraction of sp³-hybridized carbons (Fsp3) is 0.357. The van der Waals surface area contributed by atoms with E-state index in [4.69, 9.17) is 9.72 Å². The number of likely N-dealkylation sites (tertiary alicyclic amines) is 1. The fourth-order valence-electron chi connectivity index (χ4n) is 5.45. The van der Waals surface area contributed by atoms with Gasteiger partial charge in [0.2, 0.25) is 0 Å². The number of ether oxygens (including phenoxy) is 1. The van der Waals surface area contributed by atoms with Crippen LogP contribution < -0.4 is 14.5 Å². The Balaban J connectivity index is 1.19. The first kappa shape index (κ1) is 21.2. The average molecular weight is 455 g/mol. The maximum atomic E-state index is 13.4. The Bertz CT molecular complexity index is 1160. The van der Waals surface area contributed by atoms with Crippen LogP contribution in [0.25, 0.3) is 11.1 Å². The summed E-state index contributed by atoms with van der Waals surface area (Å²) in [6.45, 7) is 5.50. The highest BCUT2D eigenvalue weighted by molar-refractivity contribution is 6.08. The molecule has 34 heavy (non-hydrogen) atoms. The van der Waals surface area contributed by atoms with Crippen LogP contribution in [0.5, 0.6) is 5.75 Å². The number of anilines is 2. The maximum Gasteiger partial charge on any atom is 0.262 e. The Morgan fingerprint density at radius 1 is 0.882 bits per heavy atom.